The lowest BCUT2D eigenvalue weighted by Crippen LogP contribution is -2.42. The number of likely N-dealkylation sites (tertiary alicyclic amines) is 1. The van der Waals surface area contributed by atoms with E-state index in [1.54, 1.807) is 0 Å². The predicted molar refractivity (Wildman–Crippen MR) is 92.7 cm³/mol. The van der Waals surface area contributed by atoms with E-state index in [1.807, 2.05) is 30.3 Å². The van der Waals surface area contributed by atoms with Gasteiger partial charge in [0.2, 0.25) is 6.79 Å². The fraction of sp³-hybridized carbons (Fsp3) is 0.368. The first-order valence-corrected chi connectivity index (χ1v) is 8.62. The van der Waals surface area contributed by atoms with Gasteiger partial charge in [-0.1, -0.05) is 41.9 Å². The number of nitrogens with zero attached hydrogens (tertiary/aromatic N) is 1. The molecule has 2 atom stereocenters. The highest BCUT2D eigenvalue weighted by Gasteiger charge is 2.29. The largest absolute Gasteiger partial charge is 0.454 e. The second-order valence-corrected chi connectivity index (χ2v) is 6.81. The average Bonchev–Trinajstić information content (AvgIpc) is 3.03. The van der Waals surface area contributed by atoms with Crippen LogP contribution in [0.3, 0.4) is 0 Å². The van der Waals surface area contributed by atoms with Crippen LogP contribution in [-0.2, 0) is 6.54 Å². The van der Waals surface area contributed by atoms with Crippen LogP contribution in [0.2, 0.25) is 5.02 Å². The highest BCUT2D eigenvalue weighted by atomic mass is 35.5. The molecule has 0 amide bonds. The summed E-state index contributed by atoms with van der Waals surface area (Å²) in [5, 5.41) is 11.3. The maximum atomic E-state index is 10.6. The molecule has 2 aromatic carbocycles. The monoisotopic (exact) mass is 345 g/mol. The molecule has 4 rings (SSSR count). The quantitative estimate of drug-likeness (QED) is 0.925. The van der Waals surface area contributed by atoms with Gasteiger partial charge in [-0.3, -0.25) is 4.90 Å². The minimum absolute atomic E-state index is 0.203. The van der Waals surface area contributed by atoms with Crippen molar-refractivity contribution < 1.29 is 14.6 Å². The molecule has 1 saturated heterocycles. The summed E-state index contributed by atoms with van der Waals surface area (Å²) in [5.74, 6) is 1.65. The van der Waals surface area contributed by atoms with E-state index in [-0.39, 0.29) is 18.8 Å². The Morgan fingerprint density at radius 1 is 1.12 bits per heavy atom. The second kappa shape index (κ2) is 6.63. The average molecular weight is 346 g/mol. The van der Waals surface area contributed by atoms with Gasteiger partial charge in [0.05, 0.1) is 6.10 Å². The number of aliphatic hydroxyl groups excluding tert-OH is 1. The number of halogens is 1. The molecule has 0 saturated carbocycles. The zero-order valence-corrected chi connectivity index (χ0v) is 14.1. The van der Waals surface area contributed by atoms with Crippen LogP contribution in [0.4, 0.5) is 0 Å². The molecule has 4 nitrogen and oxygen atoms in total. The zero-order chi connectivity index (χ0) is 16.5. The van der Waals surface area contributed by atoms with Crippen molar-refractivity contribution >= 4 is 11.6 Å². The van der Waals surface area contributed by atoms with E-state index < -0.39 is 0 Å². The van der Waals surface area contributed by atoms with Crippen molar-refractivity contribution in [1.82, 2.24) is 4.90 Å². The van der Waals surface area contributed by atoms with Crippen molar-refractivity contribution in [3.05, 3.63) is 58.6 Å². The Balaban J connectivity index is 1.44. The Morgan fingerprint density at radius 2 is 1.88 bits per heavy atom. The summed E-state index contributed by atoms with van der Waals surface area (Å²) in [6.45, 7) is 2.52. The van der Waals surface area contributed by atoms with Crippen LogP contribution in [0.25, 0.3) is 0 Å². The van der Waals surface area contributed by atoms with E-state index in [0.717, 1.165) is 24.3 Å². The molecule has 0 unspecified atom stereocenters. The number of piperidine rings is 1. The summed E-state index contributed by atoms with van der Waals surface area (Å²) in [7, 11) is 0. The number of β-amino-alcohol motifs (C(OH)–C–C–N with tert-alkyl or cyclic N) is 1. The minimum Gasteiger partial charge on any atom is -0.454 e. The van der Waals surface area contributed by atoms with Crippen LogP contribution in [0.1, 0.15) is 23.5 Å². The maximum absolute atomic E-state index is 10.6. The third kappa shape index (κ3) is 3.09. The second-order valence-electron chi connectivity index (χ2n) is 6.41. The molecule has 0 aromatic heterocycles. The normalized spacial score (nSPS) is 23.4. The minimum atomic E-state index is -0.367. The highest BCUT2D eigenvalue weighted by molar-refractivity contribution is 6.31. The van der Waals surface area contributed by atoms with Crippen molar-refractivity contribution in [3.8, 4) is 11.5 Å². The van der Waals surface area contributed by atoms with Crippen molar-refractivity contribution in [2.24, 2.45) is 0 Å². The van der Waals surface area contributed by atoms with Gasteiger partial charge in [0, 0.05) is 30.1 Å². The van der Waals surface area contributed by atoms with E-state index in [4.69, 9.17) is 21.1 Å². The Labute approximate surface area is 146 Å². The molecule has 1 fully saturated rings. The van der Waals surface area contributed by atoms with E-state index in [2.05, 4.69) is 17.0 Å². The highest BCUT2D eigenvalue weighted by Crippen LogP contribution is 2.38. The Kier molecular flexibility index (Phi) is 4.35. The SMILES string of the molecule is O[C@@H]1CN(Cc2cc3c(cc2Cl)OCO3)CC[C@@H]1c1ccccc1. The number of fused-ring (bicyclic) bond motifs is 1. The molecule has 0 spiro atoms. The first-order valence-electron chi connectivity index (χ1n) is 8.24. The summed E-state index contributed by atoms with van der Waals surface area (Å²) in [5.41, 5.74) is 2.22. The van der Waals surface area contributed by atoms with Crippen LogP contribution >= 0.6 is 11.6 Å². The molecule has 24 heavy (non-hydrogen) atoms. The van der Waals surface area contributed by atoms with Crippen molar-refractivity contribution in [2.45, 2.75) is 25.0 Å². The number of benzene rings is 2. The van der Waals surface area contributed by atoms with Crippen LogP contribution in [0, 0.1) is 0 Å². The van der Waals surface area contributed by atoms with Crippen LogP contribution in [-0.4, -0.2) is 36.0 Å². The molecule has 0 bridgehead atoms. The lowest BCUT2D eigenvalue weighted by molar-refractivity contribution is 0.0477. The molecule has 2 heterocycles. The Bertz CT molecular complexity index is 722. The van der Waals surface area contributed by atoms with Gasteiger partial charge in [-0.2, -0.15) is 0 Å². The fourth-order valence-electron chi connectivity index (χ4n) is 3.55. The molecule has 2 aliphatic rings. The van der Waals surface area contributed by atoms with Gasteiger partial charge >= 0.3 is 0 Å². The number of ether oxygens (including phenoxy) is 2. The lowest BCUT2D eigenvalue weighted by Gasteiger charge is -2.36. The van der Waals surface area contributed by atoms with Crippen LogP contribution < -0.4 is 9.47 Å². The van der Waals surface area contributed by atoms with Gasteiger partial charge in [0.15, 0.2) is 11.5 Å². The van der Waals surface area contributed by atoms with Gasteiger partial charge in [-0.15, -0.1) is 0 Å². The summed E-state index contributed by atoms with van der Waals surface area (Å²) in [4.78, 5) is 2.24. The summed E-state index contributed by atoms with van der Waals surface area (Å²) in [6, 6.07) is 14.0. The molecule has 5 heteroatoms. The Morgan fingerprint density at radius 3 is 2.62 bits per heavy atom. The van der Waals surface area contributed by atoms with Crippen molar-refractivity contribution in [3.63, 3.8) is 0 Å². The molecular formula is C19H20ClNO3. The predicted octanol–water partition coefficient (Wildman–Crippen LogP) is 3.42. The van der Waals surface area contributed by atoms with E-state index >= 15 is 0 Å². The van der Waals surface area contributed by atoms with Crippen molar-refractivity contribution in [1.29, 1.82) is 0 Å². The maximum Gasteiger partial charge on any atom is 0.231 e. The van der Waals surface area contributed by atoms with Gasteiger partial charge in [-0.05, 0) is 30.2 Å². The number of rotatable bonds is 3. The molecule has 0 radical (unpaired) electrons. The van der Waals surface area contributed by atoms with Gasteiger partial charge in [0.25, 0.3) is 0 Å². The van der Waals surface area contributed by atoms with Gasteiger partial charge in [0.1, 0.15) is 0 Å². The van der Waals surface area contributed by atoms with E-state index in [9.17, 15) is 5.11 Å². The third-order valence-electron chi connectivity index (χ3n) is 4.83. The molecule has 0 aliphatic carbocycles. The molecular weight excluding hydrogens is 326 g/mol. The summed E-state index contributed by atoms with van der Waals surface area (Å²) in [6.07, 6.45) is 0.571. The van der Waals surface area contributed by atoms with E-state index in [0.29, 0.717) is 23.9 Å². The first-order chi connectivity index (χ1) is 11.7. The van der Waals surface area contributed by atoms with Crippen molar-refractivity contribution in [2.75, 3.05) is 19.9 Å². The topological polar surface area (TPSA) is 41.9 Å². The first kappa shape index (κ1) is 15.8. The van der Waals surface area contributed by atoms with Gasteiger partial charge in [-0.25, -0.2) is 0 Å². The van der Waals surface area contributed by atoms with E-state index in [1.165, 1.54) is 5.56 Å². The van der Waals surface area contributed by atoms with Gasteiger partial charge < -0.3 is 14.6 Å². The number of hydrogen-bond donors (Lipinski definition) is 1. The number of aliphatic hydroxyl groups is 1. The summed E-state index contributed by atoms with van der Waals surface area (Å²) < 4.78 is 10.8. The standard InChI is InChI=1S/C19H20ClNO3/c20-16-9-19-18(23-12-24-19)8-14(16)10-21-7-6-15(17(22)11-21)13-4-2-1-3-5-13/h1-5,8-9,15,17,22H,6-7,10-12H2/t15-,17-/m1/s1. The zero-order valence-electron chi connectivity index (χ0n) is 13.3. The summed E-state index contributed by atoms with van der Waals surface area (Å²) >= 11 is 6.36. The smallest absolute Gasteiger partial charge is 0.231 e. The Hall–Kier alpha value is -1.75. The lowest BCUT2D eigenvalue weighted by atomic mass is 9.87. The molecule has 2 aromatic rings. The molecule has 126 valence electrons. The number of hydrogen-bond acceptors (Lipinski definition) is 4. The fourth-order valence-corrected chi connectivity index (χ4v) is 3.76. The molecule has 1 N–H and O–H groups in total. The third-order valence-corrected chi connectivity index (χ3v) is 5.18. The van der Waals surface area contributed by atoms with Crippen LogP contribution in [0.15, 0.2) is 42.5 Å². The van der Waals surface area contributed by atoms with Crippen LogP contribution in [0.5, 0.6) is 11.5 Å². The molecule has 2 aliphatic heterocycles.